The number of esters is 1. The molecule has 10 heteroatoms. The number of carbonyl (C=O) groups is 1. The van der Waals surface area contributed by atoms with Gasteiger partial charge in [-0.05, 0) is 83.7 Å². The average Bonchev–Trinajstić information content (AvgIpc) is 3.30. The van der Waals surface area contributed by atoms with E-state index in [9.17, 15) is 9.59 Å². The lowest BCUT2D eigenvalue weighted by Gasteiger charge is -2.25. The number of nitrogens with zero attached hydrogens (tertiary/aromatic N) is 3. The minimum absolute atomic E-state index is 0.217. The third-order valence-electron chi connectivity index (χ3n) is 7.10. The van der Waals surface area contributed by atoms with E-state index in [1.807, 2.05) is 98.7 Å². The number of anilines is 1. The number of carbonyl (C=O) groups excluding carboxylic acids is 1. The zero-order valence-electron chi connectivity index (χ0n) is 25.3. The number of ether oxygens (including phenoxy) is 3. The molecule has 1 atom stereocenters. The summed E-state index contributed by atoms with van der Waals surface area (Å²) >= 11 is 4.93. The Morgan fingerprint density at radius 3 is 2.43 bits per heavy atom. The molecule has 0 bridgehead atoms. The van der Waals surface area contributed by atoms with Crippen molar-refractivity contribution >= 4 is 45.0 Å². The first-order chi connectivity index (χ1) is 21.2. The van der Waals surface area contributed by atoms with Crippen LogP contribution in [0.25, 0.3) is 6.08 Å². The standard InChI is InChI=1S/C34H34BrN3O5S/c1-6-41-27-18-23(17-26(35)31(27)43-20-22-11-9-8-10-12-22)19-28-32(39)38-30(24-13-15-25(16-14-24)37(4)5)29(33(40)42-7-2)21(3)36-34(38)44-28/h8-19,30H,6-7,20H2,1-5H3/b28-19-/t30-/m1/s1. The SMILES string of the molecule is CCOC(=O)C1=C(C)N=c2s/c(=C\c3cc(Br)c(OCc4ccccc4)c(OCC)c3)c(=O)n2[C@@H]1c1ccc(N(C)C)cc1. The van der Waals surface area contributed by atoms with Crippen LogP contribution in [0.3, 0.4) is 0 Å². The Kier molecular flexibility index (Phi) is 9.71. The number of benzene rings is 3. The zero-order valence-corrected chi connectivity index (χ0v) is 27.7. The van der Waals surface area contributed by atoms with Crippen molar-refractivity contribution in [1.29, 1.82) is 0 Å². The monoisotopic (exact) mass is 675 g/mol. The van der Waals surface area contributed by atoms with Crippen LogP contribution >= 0.6 is 27.3 Å². The van der Waals surface area contributed by atoms with Gasteiger partial charge < -0.3 is 19.1 Å². The fraction of sp³-hybridized carbons (Fsp3) is 0.265. The lowest BCUT2D eigenvalue weighted by Crippen LogP contribution is -2.39. The molecule has 0 amide bonds. The summed E-state index contributed by atoms with van der Waals surface area (Å²) in [5.74, 6) is 0.669. The fourth-order valence-corrected chi connectivity index (χ4v) is 6.64. The Morgan fingerprint density at radius 1 is 1.05 bits per heavy atom. The van der Waals surface area contributed by atoms with Crippen LogP contribution in [0.2, 0.25) is 0 Å². The van der Waals surface area contributed by atoms with E-state index in [1.165, 1.54) is 11.3 Å². The van der Waals surface area contributed by atoms with Gasteiger partial charge in [0.05, 0.1) is 39.5 Å². The van der Waals surface area contributed by atoms with Crippen LogP contribution in [0.5, 0.6) is 11.5 Å². The van der Waals surface area contributed by atoms with Gasteiger partial charge in [-0.25, -0.2) is 9.79 Å². The van der Waals surface area contributed by atoms with Crippen molar-refractivity contribution in [2.24, 2.45) is 4.99 Å². The molecule has 0 spiro atoms. The molecule has 4 aromatic rings. The highest BCUT2D eigenvalue weighted by Crippen LogP contribution is 2.38. The van der Waals surface area contributed by atoms with Gasteiger partial charge in [0.1, 0.15) is 6.61 Å². The molecule has 0 N–H and O–H groups in total. The fourth-order valence-electron chi connectivity index (χ4n) is 5.02. The number of halogens is 1. The molecule has 1 aliphatic rings. The molecule has 1 aliphatic heterocycles. The maximum absolute atomic E-state index is 14.1. The van der Waals surface area contributed by atoms with Crippen LogP contribution in [-0.4, -0.2) is 37.8 Å². The third-order valence-corrected chi connectivity index (χ3v) is 8.67. The predicted molar refractivity (Wildman–Crippen MR) is 177 cm³/mol. The summed E-state index contributed by atoms with van der Waals surface area (Å²) in [6.45, 7) is 6.50. The molecule has 0 radical (unpaired) electrons. The second-order valence-corrected chi connectivity index (χ2v) is 12.2. The van der Waals surface area contributed by atoms with Gasteiger partial charge in [0.25, 0.3) is 5.56 Å². The lowest BCUT2D eigenvalue weighted by molar-refractivity contribution is -0.139. The van der Waals surface area contributed by atoms with Crippen LogP contribution in [0.1, 0.15) is 43.5 Å². The molecule has 3 aromatic carbocycles. The van der Waals surface area contributed by atoms with Crippen molar-refractivity contribution in [2.75, 3.05) is 32.2 Å². The predicted octanol–water partition coefficient (Wildman–Crippen LogP) is 5.60. The number of fused-ring (bicyclic) bond motifs is 1. The van der Waals surface area contributed by atoms with E-state index in [4.69, 9.17) is 14.2 Å². The summed E-state index contributed by atoms with van der Waals surface area (Å²) in [4.78, 5) is 34.5. The summed E-state index contributed by atoms with van der Waals surface area (Å²) in [5.41, 5.74) is 4.22. The van der Waals surface area contributed by atoms with Gasteiger partial charge >= 0.3 is 5.97 Å². The molecular formula is C34H34BrN3O5S. The number of aromatic nitrogens is 1. The molecule has 0 fully saturated rings. The van der Waals surface area contributed by atoms with Gasteiger partial charge in [0, 0.05) is 19.8 Å². The lowest BCUT2D eigenvalue weighted by atomic mass is 9.95. The van der Waals surface area contributed by atoms with Crippen molar-refractivity contribution in [3.63, 3.8) is 0 Å². The Balaban J connectivity index is 1.59. The smallest absolute Gasteiger partial charge is 0.338 e. The zero-order chi connectivity index (χ0) is 31.4. The van der Waals surface area contributed by atoms with Crippen molar-refractivity contribution in [3.05, 3.63) is 119 Å². The Bertz CT molecular complexity index is 1880. The minimum Gasteiger partial charge on any atom is -0.490 e. The number of rotatable bonds is 10. The number of hydrogen-bond donors (Lipinski definition) is 0. The van der Waals surface area contributed by atoms with E-state index in [0.29, 0.717) is 49.8 Å². The molecule has 0 saturated carbocycles. The van der Waals surface area contributed by atoms with E-state index in [-0.39, 0.29) is 12.2 Å². The molecule has 0 aliphatic carbocycles. The maximum Gasteiger partial charge on any atom is 0.338 e. The van der Waals surface area contributed by atoms with Gasteiger partial charge in [0.2, 0.25) is 0 Å². The van der Waals surface area contributed by atoms with Crippen molar-refractivity contribution in [1.82, 2.24) is 4.57 Å². The number of hydrogen-bond acceptors (Lipinski definition) is 8. The molecule has 2 heterocycles. The normalized spacial score (nSPS) is 14.6. The molecule has 1 aromatic heterocycles. The second-order valence-electron chi connectivity index (χ2n) is 10.3. The van der Waals surface area contributed by atoms with Crippen molar-refractivity contribution in [3.8, 4) is 11.5 Å². The van der Waals surface area contributed by atoms with Crippen LogP contribution in [-0.2, 0) is 16.1 Å². The quantitative estimate of drug-likeness (QED) is 0.204. The molecular weight excluding hydrogens is 642 g/mol. The molecule has 228 valence electrons. The minimum atomic E-state index is -0.678. The summed E-state index contributed by atoms with van der Waals surface area (Å²) in [5, 5.41) is 0. The Morgan fingerprint density at radius 2 is 1.77 bits per heavy atom. The topological polar surface area (TPSA) is 82.4 Å². The van der Waals surface area contributed by atoms with Crippen LogP contribution in [0.15, 0.2) is 92.3 Å². The second kappa shape index (κ2) is 13.7. The van der Waals surface area contributed by atoms with E-state index >= 15 is 0 Å². The molecule has 0 unspecified atom stereocenters. The highest BCUT2D eigenvalue weighted by Gasteiger charge is 2.33. The third kappa shape index (κ3) is 6.51. The molecule has 0 saturated heterocycles. The van der Waals surface area contributed by atoms with E-state index in [2.05, 4.69) is 20.9 Å². The molecule has 5 rings (SSSR count). The van der Waals surface area contributed by atoms with Crippen molar-refractivity contribution < 1.29 is 19.0 Å². The van der Waals surface area contributed by atoms with Gasteiger partial charge in [-0.2, -0.15) is 0 Å². The van der Waals surface area contributed by atoms with Gasteiger partial charge in [-0.3, -0.25) is 9.36 Å². The van der Waals surface area contributed by atoms with E-state index in [1.54, 1.807) is 18.4 Å². The largest absolute Gasteiger partial charge is 0.490 e. The van der Waals surface area contributed by atoms with Crippen LogP contribution in [0, 0.1) is 0 Å². The highest BCUT2D eigenvalue weighted by molar-refractivity contribution is 9.10. The highest BCUT2D eigenvalue weighted by atomic mass is 79.9. The Hall–Kier alpha value is -4.15. The van der Waals surface area contributed by atoms with Crippen LogP contribution in [0.4, 0.5) is 5.69 Å². The first kappa shape index (κ1) is 31.3. The van der Waals surface area contributed by atoms with E-state index in [0.717, 1.165) is 22.4 Å². The summed E-state index contributed by atoms with van der Waals surface area (Å²) < 4.78 is 20.3. The van der Waals surface area contributed by atoms with Gasteiger partial charge in [-0.1, -0.05) is 53.8 Å². The summed E-state index contributed by atoms with van der Waals surface area (Å²) in [7, 11) is 3.92. The first-order valence-corrected chi connectivity index (χ1v) is 15.9. The van der Waals surface area contributed by atoms with E-state index < -0.39 is 12.0 Å². The van der Waals surface area contributed by atoms with Crippen LogP contribution < -0.4 is 29.3 Å². The average molecular weight is 677 g/mol. The first-order valence-electron chi connectivity index (χ1n) is 14.3. The van der Waals surface area contributed by atoms with Gasteiger partial charge in [0.15, 0.2) is 16.3 Å². The molecule has 8 nitrogen and oxygen atoms in total. The summed E-state index contributed by atoms with van der Waals surface area (Å²) in [6.07, 6.45) is 1.81. The number of thiazole rings is 1. The Labute approximate surface area is 268 Å². The van der Waals surface area contributed by atoms with Gasteiger partial charge in [-0.15, -0.1) is 0 Å². The van der Waals surface area contributed by atoms with Crippen molar-refractivity contribution in [2.45, 2.75) is 33.4 Å². The summed E-state index contributed by atoms with van der Waals surface area (Å²) in [6, 6.07) is 20.8. The number of allylic oxidation sites excluding steroid dienone is 1. The molecule has 44 heavy (non-hydrogen) atoms. The maximum atomic E-state index is 14.1.